The topological polar surface area (TPSA) is 118 Å². The molecule has 1 aliphatic carbocycles. The molecule has 0 fully saturated rings. The molecule has 35 heavy (non-hydrogen) atoms. The average molecular weight is 474 g/mol. The van der Waals surface area contributed by atoms with Gasteiger partial charge in [-0.3, -0.25) is 14.6 Å². The number of carboxylic acids is 1. The summed E-state index contributed by atoms with van der Waals surface area (Å²) in [6.07, 6.45) is 2.23. The first-order valence-corrected chi connectivity index (χ1v) is 11.4. The fourth-order valence-electron chi connectivity index (χ4n) is 4.33. The second kappa shape index (κ2) is 10.8. The van der Waals surface area contributed by atoms with Crippen LogP contribution < -0.4 is 10.6 Å². The molecule has 2 aromatic carbocycles. The molecule has 3 N–H and O–H groups in total. The second-order valence-electron chi connectivity index (χ2n) is 8.47. The maximum Gasteiger partial charge on any atom is 0.407 e. The number of alkyl carbamates (subject to hydrolysis) is 1. The van der Waals surface area contributed by atoms with Crippen molar-refractivity contribution in [3.05, 3.63) is 89.2 Å². The van der Waals surface area contributed by atoms with E-state index in [-0.39, 0.29) is 31.9 Å². The van der Waals surface area contributed by atoms with E-state index in [9.17, 15) is 14.4 Å². The number of aromatic nitrogens is 1. The van der Waals surface area contributed by atoms with Crippen molar-refractivity contribution in [1.29, 1.82) is 0 Å². The van der Waals surface area contributed by atoms with Crippen LogP contribution in [-0.2, 0) is 20.9 Å². The Labute approximate surface area is 203 Å². The summed E-state index contributed by atoms with van der Waals surface area (Å²) in [4.78, 5) is 40.5. The van der Waals surface area contributed by atoms with Crippen LogP contribution >= 0.6 is 0 Å². The van der Waals surface area contributed by atoms with Crippen LogP contribution in [0.1, 0.15) is 41.0 Å². The van der Waals surface area contributed by atoms with Gasteiger partial charge in [-0.25, -0.2) is 4.79 Å². The minimum atomic E-state index is -1.05. The Balaban J connectivity index is 1.39. The lowest BCUT2D eigenvalue weighted by Gasteiger charge is -2.19. The number of nitrogens with zero attached hydrogens (tertiary/aromatic N) is 1. The molecule has 1 atom stereocenters. The molecule has 2 amide bonds. The Morgan fingerprint density at radius 3 is 2.31 bits per heavy atom. The van der Waals surface area contributed by atoms with Crippen LogP contribution in [-0.4, -0.2) is 40.7 Å². The molecule has 8 heteroatoms. The Morgan fingerprint density at radius 1 is 1.03 bits per heavy atom. The number of rotatable bonds is 9. The zero-order chi connectivity index (χ0) is 24.8. The lowest BCUT2D eigenvalue weighted by atomic mass is 9.98. The van der Waals surface area contributed by atoms with Crippen molar-refractivity contribution < 1.29 is 24.2 Å². The average Bonchev–Trinajstić information content (AvgIpc) is 3.18. The van der Waals surface area contributed by atoms with Crippen molar-refractivity contribution in [3.63, 3.8) is 0 Å². The summed E-state index contributed by atoms with van der Waals surface area (Å²) < 4.78 is 5.52. The standard InChI is InChI=1S/C27H27N3O5/c1-17-14-28-13-12-18(17)15-29-26(33)24(10-11-25(31)32)30-27(34)35-16-23-21-8-4-2-6-19(21)20-7-3-5-9-22(20)23/h2-9,12-14,23-24H,10-11,15-16H2,1H3,(H,29,33)(H,30,34)(H,31,32). The van der Waals surface area contributed by atoms with E-state index >= 15 is 0 Å². The van der Waals surface area contributed by atoms with E-state index < -0.39 is 24.0 Å². The minimum Gasteiger partial charge on any atom is -0.481 e. The van der Waals surface area contributed by atoms with Crippen LogP contribution in [0.4, 0.5) is 4.79 Å². The highest BCUT2D eigenvalue weighted by Gasteiger charge is 2.30. The molecule has 0 bridgehead atoms. The van der Waals surface area contributed by atoms with Crippen molar-refractivity contribution in [2.24, 2.45) is 0 Å². The third kappa shape index (κ3) is 5.66. The number of aryl methyl sites for hydroxylation is 1. The van der Waals surface area contributed by atoms with E-state index in [1.165, 1.54) is 0 Å². The quantitative estimate of drug-likeness (QED) is 0.435. The minimum absolute atomic E-state index is 0.0549. The predicted octanol–water partition coefficient (Wildman–Crippen LogP) is 3.78. The van der Waals surface area contributed by atoms with Gasteiger partial charge in [0.05, 0.1) is 0 Å². The first-order chi connectivity index (χ1) is 16.9. The first kappa shape index (κ1) is 23.9. The summed E-state index contributed by atoms with van der Waals surface area (Å²) >= 11 is 0. The van der Waals surface area contributed by atoms with Crippen LogP contribution in [0.3, 0.4) is 0 Å². The summed E-state index contributed by atoms with van der Waals surface area (Å²) in [5.74, 6) is -1.65. The monoisotopic (exact) mass is 473 g/mol. The zero-order valence-corrected chi connectivity index (χ0v) is 19.4. The molecule has 180 valence electrons. The van der Waals surface area contributed by atoms with Gasteiger partial charge in [0, 0.05) is 31.3 Å². The van der Waals surface area contributed by atoms with E-state index in [2.05, 4.69) is 15.6 Å². The molecule has 0 saturated heterocycles. The summed E-state index contributed by atoms with van der Waals surface area (Å²) in [6, 6.07) is 16.7. The smallest absolute Gasteiger partial charge is 0.407 e. The number of fused-ring (bicyclic) bond motifs is 3. The summed E-state index contributed by atoms with van der Waals surface area (Å²) in [6.45, 7) is 2.22. The SMILES string of the molecule is Cc1cnccc1CNC(=O)C(CCC(=O)O)NC(=O)OCC1c2ccccc2-c2ccccc21. The van der Waals surface area contributed by atoms with Crippen molar-refractivity contribution in [1.82, 2.24) is 15.6 Å². The van der Waals surface area contributed by atoms with Gasteiger partial charge >= 0.3 is 12.1 Å². The molecule has 0 saturated carbocycles. The van der Waals surface area contributed by atoms with Crippen molar-refractivity contribution in [2.45, 2.75) is 38.3 Å². The molecule has 0 radical (unpaired) electrons. The molecule has 3 aromatic rings. The van der Waals surface area contributed by atoms with Crippen molar-refractivity contribution >= 4 is 18.0 Å². The molecule has 4 rings (SSSR count). The fourth-order valence-corrected chi connectivity index (χ4v) is 4.33. The van der Waals surface area contributed by atoms with Gasteiger partial charge in [0.25, 0.3) is 0 Å². The molecule has 1 heterocycles. The van der Waals surface area contributed by atoms with E-state index in [4.69, 9.17) is 9.84 Å². The molecule has 8 nitrogen and oxygen atoms in total. The largest absolute Gasteiger partial charge is 0.481 e. The number of carbonyl (C=O) groups is 3. The van der Waals surface area contributed by atoms with Crippen LogP contribution in [0, 0.1) is 6.92 Å². The van der Waals surface area contributed by atoms with Gasteiger partial charge in [-0.2, -0.15) is 0 Å². The second-order valence-corrected chi connectivity index (χ2v) is 8.47. The molecule has 0 aliphatic heterocycles. The van der Waals surface area contributed by atoms with Crippen molar-refractivity contribution in [2.75, 3.05) is 6.61 Å². The lowest BCUT2D eigenvalue weighted by Crippen LogP contribution is -2.47. The normalized spacial score (nSPS) is 12.8. The number of pyridine rings is 1. The Kier molecular flexibility index (Phi) is 7.40. The Morgan fingerprint density at radius 2 is 1.69 bits per heavy atom. The summed E-state index contributed by atoms with van der Waals surface area (Å²) in [5, 5.41) is 14.4. The third-order valence-corrected chi connectivity index (χ3v) is 6.19. The lowest BCUT2D eigenvalue weighted by molar-refractivity contribution is -0.137. The van der Waals surface area contributed by atoms with Gasteiger partial charge in [-0.05, 0) is 52.8 Å². The predicted molar refractivity (Wildman–Crippen MR) is 130 cm³/mol. The van der Waals surface area contributed by atoms with Gasteiger partial charge in [-0.1, -0.05) is 48.5 Å². The molecule has 1 aromatic heterocycles. The number of hydrogen-bond donors (Lipinski definition) is 3. The highest BCUT2D eigenvalue weighted by Crippen LogP contribution is 2.44. The first-order valence-electron chi connectivity index (χ1n) is 11.4. The molecule has 1 aliphatic rings. The molecular formula is C27H27N3O5. The van der Waals surface area contributed by atoms with E-state index in [0.29, 0.717) is 0 Å². The highest BCUT2D eigenvalue weighted by molar-refractivity contribution is 5.86. The molecule has 1 unspecified atom stereocenters. The van der Waals surface area contributed by atoms with Crippen LogP contribution in [0.5, 0.6) is 0 Å². The van der Waals surface area contributed by atoms with Gasteiger partial charge in [0.1, 0.15) is 12.6 Å². The van der Waals surface area contributed by atoms with Crippen LogP contribution in [0.2, 0.25) is 0 Å². The number of aliphatic carboxylic acids is 1. The van der Waals surface area contributed by atoms with E-state index in [0.717, 1.165) is 33.4 Å². The van der Waals surface area contributed by atoms with Crippen molar-refractivity contribution in [3.8, 4) is 11.1 Å². The summed E-state index contributed by atoms with van der Waals surface area (Å²) in [7, 11) is 0. The van der Waals surface area contributed by atoms with Gasteiger partial charge in [0.2, 0.25) is 5.91 Å². The number of benzene rings is 2. The van der Waals surface area contributed by atoms with Gasteiger partial charge in [0.15, 0.2) is 0 Å². The molecule has 0 spiro atoms. The maximum absolute atomic E-state index is 12.8. The number of nitrogens with one attached hydrogen (secondary N) is 2. The number of amides is 2. The number of ether oxygens (including phenoxy) is 1. The molecular weight excluding hydrogens is 446 g/mol. The van der Waals surface area contributed by atoms with Crippen LogP contribution in [0.15, 0.2) is 67.0 Å². The third-order valence-electron chi connectivity index (χ3n) is 6.19. The number of hydrogen-bond acceptors (Lipinski definition) is 5. The highest BCUT2D eigenvalue weighted by atomic mass is 16.5. The summed E-state index contributed by atoms with van der Waals surface area (Å²) in [5.41, 5.74) is 6.18. The number of carbonyl (C=O) groups excluding carboxylic acids is 2. The van der Waals surface area contributed by atoms with Gasteiger partial charge < -0.3 is 20.5 Å². The number of carboxylic acid groups (broad SMARTS) is 1. The Bertz CT molecular complexity index is 1200. The van der Waals surface area contributed by atoms with Gasteiger partial charge in [-0.15, -0.1) is 0 Å². The maximum atomic E-state index is 12.8. The zero-order valence-electron chi connectivity index (χ0n) is 19.4. The Hall–Kier alpha value is -4.20. The van der Waals surface area contributed by atoms with E-state index in [1.54, 1.807) is 18.5 Å². The van der Waals surface area contributed by atoms with Crippen LogP contribution in [0.25, 0.3) is 11.1 Å². The van der Waals surface area contributed by atoms with E-state index in [1.807, 2.05) is 55.5 Å². The fraction of sp³-hybridized carbons (Fsp3) is 0.259.